The van der Waals surface area contributed by atoms with Crippen molar-refractivity contribution in [2.24, 2.45) is 0 Å². The largest absolute Gasteiger partial charge is 0.356 e. The molecule has 0 radical (unpaired) electrons. The van der Waals surface area contributed by atoms with E-state index in [9.17, 15) is 9.59 Å². The quantitative estimate of drug-likeness (QED) is 0.815. The highest BCUT2D eigenvalue weighted by Crippen LogP contribution is 2.34. The molecule has 1 aliphatic heterocycles. The average Bonchev–Trinajstić information content (AvgIpc) is 3.17. The van der Waals surface area contributed by atoms with Gasteiger partial charge in [0.05, 0.1) is 16.6 Å². The van der Waals surface area contributed by atoms with Gasteiger partial charge < -0.3 is 10.6 Å². The number of para-hydroxylation sites is 1. The zero-order chi connectivity index (χ0) is 18.7. The number of fused-ring (bicyclic) bond motifs is 1. The van der Waals surface area contributed by atoms with Gasteiger partial charge >= 0.3 is 0 Å². The summed E-state index contributed by atoms with van der Waals surface area (Å²) < 4.78 is 0. The van der Waals surface area contributed by atoms with Crippen molar-refractivity contribution in [2.75, 3.05) is 11.9 Å². The summed E-state index contributed by atoms with van der Waals surface area (Å²) in [6, 6.07) is 7.67. The molecule has 0 unspecified atom stereocenters. The highest BCUT2D eigenvalue weighted by atomic mass is 32.1. The number of anilines is 1. The second-order valence-corrected chi connectivity index (χ2v) is 8.59. The molecule has 26 heavy (non-hydrogen) atoms. The van der Waals surface area contributed by atoms with E-state index < -0.39 is 0 Å². The molecule has 2 amide bonds. The van der Waals surface area contributed by atoms with Gasteiger partial charge in [0.25, 0.3) is 0 Å². The Bertz CT molecular complexity index is 807. The molecule has 0 saturated heterocycles. The van der Waals surface area contributed by atoms with Gasteiger partial charge in [-0.25, -0.2) is 4.98 Å². The van der Waals surface area contributed by atoms with E-state index in [0.29, 0.717) is 19.4 Å². The van der Waals surface area contributed by atoms with Crippen LogP contribution in [0.5, 0.6) is 0 Å². The summed E-state index contributed by atoms with van der Waals surface area (Å²) >= 11 is 1.64. The molecule has 0 bridgehead atoms. The number of rotatable bonds is 6. The lowest BCUT2D eigenvalue weighted by Gasteiger charge is -2.14. The molecule has 0 saturated carbocycles. The monoisotopic (exact) mass is 371 g/mol. The van der Waals surface area contributed by atoms with Crippen molar-refractivity contribution in [3.05, 3.63) is 45.9 Å². The van der Waals surface area contributed by atoms with Crippen LogP contribution in [0.15, 0.2) is 29.6 Å². The Hall–Kier alpha value is -2.21. The number of nitrogens with one attached hydrogen (secondary N) is 2. The maximum atomic E-state index is 12.1. The van der Waals surface area contributed by atoms with Crippen LogP contribution < -0.4 is 10.6 Å². The summed E-state index contributed by atoms with van der Waals surface area (Å²) in [7, 11) is 0. The third-order valence-corrected chi connectivity index (χ3v) is 5.46. The molecule has 0 aliphatic carbocycles. The molecule has 2 heterocycles. The van der Waals surface area contributed by atoms with Gasteiger partial charge in [-0.3, -0.25) is 9.59 Å². The maximum absolute atomic E-state index is 12.1. The van der Waals surface area contributed by atoms with Crippen LogP contribution >= 0.6 is 11.3 Å². The molecule has 138 valence electrons. The number of carbonyl (C=O) groups is 2. The van der Waals surface area contributed by atoms with Gasteiger partial charge in [0.15, 0.2) is 0 Å². The Balaban J connectivity index is 1.44. The molecule has 0 fully saturated rings. The molecule has 1 atom stereocenters. The third-order valence-electron chi connectivity index (χ3n) is 4.55. The smallest absolute Gasteiger partial charge is 0.232 e. The van der Waals surface area contributed by atoms with Crippen LogP contribution in [-0.4, -0.2) is 23.3 Å². The fourth-order valence-corrected chi connectivity index (χ4v) is 4.03. The van der Waals surface area contributed by atoms with Crippen molar-refractivity contribution in [2.45, 2.75) is 51.4 Å². The minimum atomic E-state index is -0.231. The van der Waals surface area contributed by atoms with Gasteiger partial charge in [-0.1, -0.05) is 39.0 Å². The fraction of sp³-hybridized carbons (Fsp3) is 0.450. The number of nitrogens with zero attached hydrogens (tertiary/aromatic N) is 1. The van der Waals surface area contributed by atoms with Crippen molar-refractivity contribution in [1.29, 1.82) is 0 Å². The number of hydrogen-bond acceptors (Lipinski definition) is 4. The highest BCUT2D eigenvalue weighted by Gasteiger charge is 2.30. The van der Waals surface area contributed by atoms with Gasteiger partial charge in [0.2, 0.25) is 11.8 Å². The van der Waals surface area contributed by atoms with Gasteiger partial charge in [-0.05, 0) is 18.1 Å². The predicted molar refractivity (Wildman–Crippen MR) is 105 cm³/mol. The van der Waals surface area contributed by atoms with E-state index >= 15 is 0 Å². The highest BCUT2D eigenvalue weighted by molar-refractivity contribution is 7.09. The SMILES string of the molecule is CC(C)(C)c1csc(CCNC(=O)CC[C@H]2C(=O)Nc3ccccc32)n1. The van der Waals surface area contributed by atoms with Crippen LogP contribution in [0.3, 0.4) is 0 Å². The first-order chi connectivity index (χ1) is 12.3. The maximum Gasteiger partial charge on any atom is 0.232 e. The number of carbonyl (C=O) groups excluding carboxylic acids is 2. The van der Waals surface area contributed by atoms with E-state index in [2.05, 4.69) is 41.8 Å². The molecule has 1 aromatic carbocycles. The van der Waals surface area contributed by atoms with Gasteiger partial charge in [-0.2, -0.15) is 0 Å². The lowest BCUT2D eigenvalue weighted by Crippen LogP contribution is -2.26. The molecule has 2 aromatic rings. The van der Waals surface area contributed by atoms with Crippen molar-refractivity contribution < 1.29 is 9.59 Å². The number of thiazole rings is 1. The molecule has 1 aliphatic rings. The first kappa shape index (κ1) is 18.6. The van der Waals surface area contributed by atoms with Gasteiger partial charge in [0, 0.05) is 35.9 Å². The van der Waals surface area contributed by atoms with Gasteiger partial charge in [0.1, 0.15) is 0 Å². The van der Waals surface area contributed by atoms with E-state index in [-0.39, 0.29) is 23.1 Å². The van der Waals surface area contributed by atoms with Crippen LogP contribution in [0, 0.1) is 0 Å². The lowest BCUT2D eigenvalue weighted by molar-refractivity contribution is -0.121. The van der Waals surface area contributed by atoms with E-state index in [1.54, 1.807) is 11.3 Å². The normalized spacial score (nSPS) is 16.3. The topological polar surface area (TPSA) is 71.1 Å². The summed E-state index contributed by atoms with van der Waals surface area (Å²) in [5, 5.41) is 8.94. The predicted octanol–water partition coefficient (Wildman–Crippen LogP) is 3.62. The first-order valence-corrected chi connectivity index (χ1v) is 9.84. The summed E-state index contributed by atoms with van der Waals surface area (Å²) in [5.41, 5.74) is 3.00. The number of aromatic nitrogens is 1. The minimum Gasteiger partial charge on any atom is -0.356 e. The standard InChI is InChI=1S/C20H25N3O2S/c1-20(2,3)16-12-26-18(23-16)10-11-21-17(24)9-8-14-13-6-4-5-7-15(13)22-19(14)25/h4-7,12,14H,8-11H2,1-3H3,(H,21,24)(H,22,25)/t14-/m1/s1. The lowest BCUT2D eigenvalue weighted by atomic mass is 9.93. The van der Waals surface area contributed by atoms with Crippen LogP contribution in [0.25, 0.3) is 0 Å². The second kappa shape index (κ2) is 7.58. The third kappa shape index (κ3) is 4.30. The zero-order valence-electron chi connectivity index (χ0n) is 15.5. The number of amides is 2. The average molecular weight is 372 g/mol. The molecule has 0 spiro atoms. The van der Waals surface area contributed by atoms with Crippen LogP contribution in [0.4, 0.5) is 5.69 Å². The number of benzene rings is 1. The Kier molecular flexibility index (Phi) is 5.41. The van der Waals surface area contributed by atoms with Crippen molar-refractivity contribution in [3.8, 4) is 0 Å². The Morgan fingerprint density at radius 2 is 2.08 bits per heavy atom. The summed E-state index contributed by atoms with van der Waals surface area (Å²) in [6.45, 7) is 7.00. The minimum absolute atomic E-state index is 0.0171. The fourth-order valence-electron chi connectivity index (χ4n) is 3.01. The summed E-state index contributed by atoms with van der Waals surface area (Å²) in [4.78, 5) is 28.8. The Morgan fingerprint density at radius 3 is 2.81 bits per heavy atom. The van der Waals surface area contributed by atoms with E-state index in [0.717, 1.165) is 28.4 Å². The molecule has 6 heteroatoms. The molecule has 3 rings (SSSR count). The second-order valence-electron chi connectivity index (χ2n) is 7.64. The first-order valence-electron chi connectivity index (χ1n) is 8.96. The molecule has 2 N–H and O–H groups in total. The molecular weight excluding hydrogens is 346 g/mol. The van der Waals surface area contributed by atoms with E-state index in [1.165, 1.54) is 0 Å². The van der Waals surface area contributed by atoms with E-state index in [1.807, 2.05) is 24.3 Å². The van der Waals surface area contributed by atoms with Gasteiger partial charge in [-0.15, -0.1) is 11.3 Å². The Labute approximate surface area is 158 Å². The summed E-state index contributed by atoms with van der Waals surface area (Å²) in [5.74, 6) is -0.267. The zero-order valence-corrected chi connectivity index (χ0v) is 16.3. The molecule has 1 aromatic heterocycles. The Morgan fingerprint density at radius 1 is 1.31 bits per heavy atom. The summed E-state index contributed by atoms with van der Waals surface area (Å²) in [6.07, 6.45) is 1.61. The van der Waals surface area contributed by atoms with Crippen LogP contribution in [0.2, 0.25) is 0 Å². The van der Waals surface area contributed by atoms with Crippen molar-refractivity contribution >= 4 is 28.8 Å². The molecular formula is C20H25N3O2S. The molecule has 5 nitrogen and oxygen atoms in total. The van der Waals surface area contributed by atoms with Crippen LogP contribution in [-0.2, 0) is 21.4 Å². The van der Waals surface area contributed by atoms with E-state index in [4.69, 9.17) is 0 Å². The van der Waals surface area contributed by atoms with Crippen molar-refractivity contribution in [3.63, 3.8) is 0 Å². The van der Waals surface area contributed by atoms with Crippen LogP contribution in [0.1, 0.15) is 55.8 Å². The van der Waals surface area contributed by atoms with Crippen molar-refractivity contribution in [1.82, 2.24) is 10.3 Å². The number of hydrogen-bond donors (Lipinski definition) is 2.